The average Bonchev–Trinajstić information content (AvgIpc) is 2.87. The lowest BCUT2D eigenvalue weighted by molar-refractivity contribution is -0.154. The number of imide groups is 1. The van der Waals surface area contributed by atoms with Crippen LogP contribution in [0.15, 0.2) is 18.2 Å². The van der Waals surface area contributed by atoms with Crippen LogP contribution in [0.4, 0.5) is 10.5 Å². The fourth-order valence-corrected chi connectivity index (χ4v) is 2.40. The molecule has 1 aliphatic heterocycles. The quantitative estimate of drug-likeness (QED) is 0.541. The van der Waals surface area contributed by atoms with Gasteiger partial charge in [-0.2, -0.15) is 0 Å². The Morgan fingerprint density at radius 3 is 2.41 bits per heavy atom. The zero-order valence-corrected chi connectivity index (χ0v) is 15.5. The van der Waals surface area contributed by atoms with E-state index in [1.54, 1.807) is 18.2 Å². The number of esters is 1. The molecule has 10 nitrogen and oxygen atoms in total. The summed E-state index contributed by atoms with van der Waals surface area (Å²) in [6.45, 7) is 0.741. The molecule has 10 heteroatoms. The van der Waals surface area contributed by atoms with Crippen LogP contribution >= 0.6 is 0 Å². The summed E-state index contributed by atoms with van der Waals surface area (Å²) >= 11 is 0. The average molecular weight is 379 g/mol. The van der Waals surface area contributed by atoms with Gasteiger partial charge in [0.15, 0.2) is 17.6 Å². The van der Waals surface area contributed by atoms with Gasteiger partial charge >= 0.3 is 12.0 Å². The maximum Gasteiger partial charge on any atom is 0.327 e. The van der Waals surface area contributed by atoms with Crippen molar-refractivity contribution in [1.29, 1.82) is 0 Å². The highest BCUT2D eigenvalue weighted by atomic mass is 16.5. The van der Waals surface area contributed by atoms with Gasteiger partial charge in [0.05, 0.1) is 14.2 Å². The Hall–Kier alpha value is -3.30. The lowest BCUT2D eigenvalue weighted by atomic mass is 10.2. The molecule has 1 fully saturated rings. The van der Waals surface area contributed by atoms with Gasteiger partial charge in [0.1, 0.15) is 13.1 Å². The molecule has 1 heterocycles. The SMILES string of the molecule is COc1ccc(NC(=O)[C@H](C)OC(=O)CN2C(=O)CN(C)C2=O)cc1OC. The third-order valence-corrected chi connectivity index (χ3v) is 3.85. The van der Waals surface area contributed by atoms with E-state index in [1.807, 2.05) is 0 Å². The van der Waals surface area contributed by atoms with Crippen molar-refractivity contribution in [3.05, 3.63) is 18.2 Å². The fraction of sp³-hybridized carbons (Fsp3) is 0.412. The van der Waals surface area contributed by atoms with Gasteiger partial charge < -0.3 is 24.4 Å². The van der Waals surface area contributed by atoms with Gasteiger partial charge in [-0.1, -0.05) is 0 Å². The molecule has 2 rings (SSSR count). The summed E-state index contributed by atoms with van der Waals surface area (Å²) in [6, 6.07) is 4.19. The molecule has 1 aromatic rings. The number of amides is 4. The number of ether oxygens (including phenoxy) is 3. The number of anilines is 1. The van der Waals surface area contributed by atoms with Crippen molar-refractivity contribution in [3.8, 4) is 11.5 Å². The normalized spacial score (nSPS) is 14.8. The van der Waals surface area contributed by atoms with Gasteiger partial charge in [-0.3, -0.25) is 19.3 Å². The number of rotatable bonds is 7. The lowest BCUT2D eigenvalue weighted by Gasteiger charge is -2.17. The van der Waals surface area contributed by atoms with Gasteiger partial charge in [-0.15, -0.1) is 0 Å². The highest BCUT2D eigenvalue weighted by Crippen LogP contribution is 2.29. The predicted molar refractivity (Wildman–Crippen MR) is 93.5 cm³/mol. The lowest BCUT2D eigenvalue weighted by Crippen LogP contribution is -2.39. The van der Waals surface area contributed by atoms with Crippen molar-refractivity contribution in [2.75, 3.05) is 39.7 Å². The Bertz CT molecular complexity index is 765. The monoisotopic (exact) mass is 379 g/mol. The summed E-state index contributed by atoms with van der Waals surface area (Å²) in [6.07, 6.45) is -1.13. The topological polar surface area (TPSA) is 114 Å². The molecule has 0 saturated carbocycles. The highest BCUT2D eigenvalue weighted by Gasteiger charge is 2.35. The summed E-state index contributed by atoms with van der Waals surface area (Å²) in [4.78, 5) is 49.5. The summed E-state index contributed by atoms with van der Waals surface area (Å²) < 4.78 is 15.3. The molecule has 0 aliphatic carbocycles. The van der Waals surface area contributed by atoms with Crippen LogP contribution in [0.3, 0.4) is 0 Å². The first-order chi connectivity index (χ1) is 12.8. The van der Waals surface area contributed by atoms with Crippen molar-refractivity contribution < 1.29 is 33.4 Å². The zero-order chi connectivity index (χ0) is 20.1. The number of likely N-dealkylation sites (N-methyl/N-ethyl adjacent to an activating group) is 1. The smallest absolute Gasteiger partial charge is 0.327 e. The summed E-state index contributed by atoms with van der Waals surface area (Å²) in [5.74, 6) is -1.01. The van der Waals surface area contributed by atoms with E-state index < -0.39 is 36.5 Å². The van der Waals surface area contributed by atoms with E-state index >= 15 is 0 Å². The first-order valence-electron chi connectivity index (χ1n) is 8.04. The fourth-order valence-electron chi connectivity index (χ4n) is 2.40. The van der Waals surface area contributed by atoms with Gasteiger partial charge in [0, 0.05) is 18.8 Å². The van der Waals surface area contributed by atoms with Gasteiger partial charge in [-0.25, -0.2) is 4.79 Å². The molecule has 1 atom stereocenters. The summed E-state index contributed by atoms with van der Waals surface area (Å²) in [5.41, 5.74) is 0.423. The van der Waals surface area contributed by atoms with E-state index in [2.05, 4.69) is 5.32 Å². The minimum absolute atomic E-state index is 0.0958. The highest BCUT2D eigenvalue weighted by molar-refractivity contribution is 6.04. The minimum atomic E-state index is -1.13. The van der Waals surface area contributed by atoms with Crippen molar-refractivity contribution >= 4 is 29.5 Å². The molecule has 27 heavy (non-hydrogen) atoms. The summed E-state index contributed by atoms with van der Waals surface area (Å²) in [7, 11) is 4.41. The van der Waals surface area contributed by atoms with Crippen molar-refractivity contribution in [2.24, 2.45) is 0 Å². The third-order valence-electron chi connectivity index (χ3n) is 3.85. The number of hydrogen-bond donors (Lipinski definition) is 1. The number of benzene rings is 1. The van der Waals surface area contributed by atoms with Crippen LogP contribution in [0.1, 0.15) is 6.92 Å². The third kappa shape index (κ3) is 4.66. The molecule has 0 aromatic heterocycles. The van der Waals surface area contributed by atoms with Gasteiger partial charge in [0.25, 0.3) is 11.8 Å². The molecule has 0 spiro atoms. The van der Waals surface area contributed by atoms with Crippen LogP contribution in [0.25, 0.3) is 0 Å². The molecule has 1 aliphatic rings. The van der Waals surface area contributed by atoms with Crippen LogP contribution in [-0.2, 0) is 19.1 Å². The molecular formula is C17H21N3O7. The second-order valence-electron chi connectivity index (χ2n) is 5.81. The number of hydrogen-bond acceptors (Lipinski definition) is 7. The Labute approximate surface area is 155 Å². The number of carbonyl (C=O) groups is 4. The van der Waals surface area contributed by atoms with Crippen molar-refractivity contribution in [2.45, 2.75) is 13.0 Å². The molecule has 1 aromatic carbocycles. The number of nitrogens with zero attached hydrogens (tertiary/aromatic N) is 2. The van der Waals surface area contributed by atoms with Gasteiger partial charge in [0.2, 0.25) is 0 Å². The second kappa shape index (κ2) is 8.39. The van der Waals surface area contributed by atoms with Crippen LogP contribution < -0.4 is 14.8 Å². The van der Waals surface area contributed by atoms with E-state index in [0.29, 0.717) is 17.2 Å². The van der Waals surface area contributed by atoms with E-state index in [-0.39, 0.29) is 6.54 Å². The maximum atomic E-state index is 12.2. The first-order valence-corrected chi connectivity index (χ1v) is 8.04. The Morgan fingerprint density at radius 1 is 1.19 bits per heavy atom. The zero-order valence-electron chi connectivity index (χ0n) is 15.5. The second-order valence-corrected chi connectivity index (χ2v) is 5.81. The predicted octanol–water partition coefficient (Wildman–Crippen LogP) is 0.468. The molecule has 1 saturated heterocycles. The van der Waals surface area contributed by atoms with Crippen LogP contribution in [0, 0.1) is 0 Å². The molecule has 0 radical (unpaired) electrons. The Morgan fingerprint density at radius 2 is 1.85 bits per heavy atom. The largest absolute Gasteiger partial charge is 0.493 e. The molecule has 1 N–H and O–H groups in total. The van der Waals surface area contributed by atoms with E-state index in [4.69, 9.17) is 14.2 Å². The molecule has 0 bridgehead atoms. The Balaban J connectivity index is 1.92. The molecule has 146 valence electrons. The number of nitrogens with one attached hydrogen (secondary N) is 1. The molecular weight excluding hydrogens is 358 g/mol. The van der Waals surface area contributed by atoms with Crippen molar-refractivity contribution in [3.63, 3.8) is 0 Å². The van der Waals surface area contributed by atoms with E-state index in [9.17, 15) is 19.2 Å². The number of carbonyl (C=O) groups excluding carboxylic acids is 4. The van der Waals surface area contributed by atoms with Crippen LogP contribution in [0.2, 0.25) is 0 Å². The number of urea groups is 1. The van der Waals surface area contributed by atoms with Crippen LogP contribution in [-0.4, -0.2) is 74.1 Å². The summed E-state index contributed by atoms with van der Waals surface area (Å²) in [5, 5.41) is 2.58. The Kier molecular flexibility index (Phi) is 6.22. The maximum absolute atomic E-state index is 12.2. The van der Waals surface area contributed by atoms with E-state index in [1.165, 1.54) is 33.1 Å². The van der Waals surface area contributed by atoms with Crippen LogP contribution in [0.5, 0.6) is 11.5 Å². The van der Waals surface area contributed by atoms with E-state index in [0.717, 1.165) is 4.90 Å². The molecule has 4 amide bonds. The van der Waals surface area contributed by atoms with Crippen molar-refractivity contribution in [1.82, 2.24) is 9.80 Å². The number of methoxy groups -OCH3 is 2. The minimum Gasteiger partial charge on any atom is -0.493 e. The van der Waals surface area contributed by atoms with Gasteiger partial charge in [-0.05, 0) is 19.1 Å². The molecule has 0 unspecified atom stereocenters. The first kappa shape index (κ1) is 20.0. The standard InChI is InChI=1S/C17H21N3O7/c1-10(27-15(22)9-20-14(21)8-19(2)17(20)24)16(23)18-11-5-6-12(25-3)13(7-11)26-4/h5-7,10H,8-9H2,1-4H3,(H,18,23)/t10-/m0/s1.